The lowest BCUT2D eigenvalue weighted by Crippen LogP contribution is -2.42. The van der Waals surface area contributed by atoms with Gasteiger partial charge in [0.2, 0.25) is 12.7 Å². The lowest BCUT2D eigenvalue weighted by molar-refractivity contribution is -0.119. The zero-order chi connectivity index (χ0) is 20.2. The summed E-state index contributed by atoms with van der Waals surface area (Å²) in [5, 5.41) is 8.98. The minimum Gasteiger partial charge on any atom is -0.454 e. The SMILES string of the molecule is O=C(CSc1nncn1-c1cccc(Cl)c1)NNC(=O)c1ccc2c(c1)OCO2. The van der Waals surface area contributed by atoms with Crippen LogP contribution in [0.2, 0.25) is 5.02 Å². The fourth-order valence-corrected chi connectivity index (χ4v) is 3.44. The molecule has 29 heavy (non-hydrogen) atoms. The molecule has 0 spiro atoms. The maximum Gasteiger partial charge on any atom is 0.269 e. The molecule has 1 aromatic heterocycles. The van der Waals surface area contributed by atoms with Gasteiger partial charge in [-0.25, -0.2) is 0 Å². The second-order valence-electron chi connectivity index (χ2n) is 5.82. The van der Waals surface area contributed by atoms with E-state index in [1.54, 1.807) is 34.9 Å². The molecule has 0 radical (unpaired) electrons. The zero-order valence-corrected chi connectivity index (χ0v) is 16.4. The predicted molar refractivity (Wildman–Crippen MR) is 105 cm³/mol. The number of carbonyl (C=O) groups excluding carboxylic acids is 2. The van der Waals surface area contributed by atoms with Crippen LogP contribution in [0.5, 0.6) is 11.5 Å². The van der Waals surface area contributed by atoms with E-state index in [1.807, 2.05) is 12.1 Å². The molecule has 148 valence electrons. The van der Waals surface area contributed by atoms with Gasteiger partial charge < -0.3 is 9.47 Å². The maximum atomic E-state index is 12.2. The summed E-state index contributed by atoms with van der Waals surface area (Å²) < 4.78 is 12.2. The van der Waals surface area contributed by atoms with Crippen LogP contribution in [-0.2, 0) is 4.79 Å². The number of nitrogens with zero attached hydrogens (tertiary/aromatic N) is 3. The first kappa shape index (κ1) is 19.1. The number of amides is 2. The van der Waals surface area contributed by atoms with Gasteiger partial charge in [0.1, 0.15) is 6.33 Å². The van der Waals surface area contributed by atoms with Crippen LogP contribution in [-0.4, -0.2) is 39.1 Å². The molecule has 11 heteroatoms. The fraction of sp³-hybridized carbons (Fsp3) is 0.111. The van der Waals surface area contributed by atoms with Gasteiger partial charge in [-0.15, -0.1) is 10.2 Å². The van der Waals surface area contributed by atoms with Gasteiger partial charge in [-0.1, -0.05) is 29.4 Å². The van der Waals surface area contributed by atoms with E-state index in [2.05, 4.69) is 21.0 Å². The monoisotopic (exact) mass is 431 g/mol. The number of aromatic nitrogens is 3. The summed E-state index contributed by atoms with van der Waals surface area (Å²) in [4.78, 5) is 24.3. The molecule has 1 aliphatic heterocycles. The van der Waals surface area contributed by atoms with Crippen LogP contribution in [0.25, 0.3) is 5.69 Å². The van der Waals surface area contributed by atoms with Crippen LogP contribution in [0.1, 0.15) is 10.4 Å². The summed E-state index contributed by atoms with van der Waals surface area (Å²) in [6, 6.07) is 12.0. The Labute approximate surface area is 174 Å². The molecule has 4 rings (SSSR count). The fourth-order valence-electron chi connectivity index (χ4n) is 2.53. The molecule has 2 heterocycles. The predicted octanol–water partition coefficient (Wildman–Crippen LogP) is 2.20. The Morgan fingerprint density at radius 3 is 2.86 bits per heavy atom. The Kier molecular flexibility index (Phi) is 5.54. The number of fused-ring (bicyclic) bond motifs is 1. The molecule has 0 fully saturated rings. The van der Waals surface area contributed by atoms with E-state index in [9.17, 15) is 9.59 Å². The van der Waals surface area contributed by atoms with Gasteiger partial charge in [-0.05, 0) is 36.4 Å². The molecule has 0 bridgehead atoms. The standard InChI is InChI=1S/C18H14ClN5O4S/c19-12-2-1-3-13(7-12)24-9-20-23-18(24)29-8-16(25)21-22-17(26)11-4-5-14-15(6-11)28-10-27-14/h1-7,9H,8,10H2,(H,21,25)(H,22,26). The van der Waals surface area contributed by atoms with E-state index in [1.165, 1.54) is 18.1 Å². The first-order valence-corrected chi connectivity index (χ1v) is 9.74. The highest BCUT2D eigenvalue weighted by Crippen LogP contribution is 2.32. The van der Waals surface area contributed by atoms with Crippen molar-refractivity contribution >= 4 is 35.2 Å². The molecule has 2 aromatic carbocycles. The van der Waals surface area contributed by atoms with E-state index in [0.717, 1.165) is 5.69 Å². The number of halogens is 1. The molecule has 0 saturated heterocycles. The van der Waals surface area contributed by atoms with Crippen molar-refractivity contribution in [1.29, 1.82) is 0 Å². The van der Waals surface area contributed by atoms with Crippen LogP contribution < -0.4 is 20.3 Å². The summed E-state index contributed by atoms with van der Waals surface area (Å²) >= 11 is 7.19. The highest BCUT2D eigenvalue weighted by molar-refractivity contribution is 7.99. The molecule has 2 N–H and O–H groups in total. The summed E-state index contributed by atoms with van der Waals surface area (Å²) in [5.74, 6) is 0.222. The molecular weight excluding hydrogens is 418 g/mol. The molecule has 1 aliphatic rings. The summed E-state index contributed by atoms with van der Waals surface area (Å²) in [6.07, 6.45) is 1.54. The first-order valence-electron chi connectivity index (χ1n) is 8.38. The third-order valence-corrected chi connectivity index (χ3v) is 5.06. The van der Waals surface area contributed by atoms with Gasteiger partial charge in [0, 0.05) is 10.6 Å². The molecule has 0 aliphatic carbocycles. The van der Waals surface area contributed by atoms with Gasteiger partial charge in [-0.3, -0.25) is 25.0 Å². The number of thioether (sulfide) groups is 1. The van der Waals surface area contributed by atoms with E-state index in [-0.39, 0.29) is 12.5 Å². The van der Waals surface area contributed by atoms with Crippen LogP contribution >= 0.6 is 23.4 Å². The number of carbonyl (C=O) groups is 2. The third-order valence-electron chi connectivity index (χ3n) is 3.89. The number of hydrazine groups is 1. The maximum absolute atomic E-state index is 12.2. The van der Waals surface area contributed by atoms with E-state index in [0.29, 0.717) is 27.2 Å². The number of hydrogen-bond donors (Lipinski definition) is 2. The molecule has 3 aromatic rings. The van der Waals surface area contributed by atoms with Crippen LogP contribution in [0, 0.1) is 0 Å². The average molecular weight is 432 g/mol. The summed E-state index contributed by atoms with van der Waals surface area (Å²) in [6.45, 7) is 0.119. The average Bonchev–Trinajstić information content (AvgIpc) is 3.39. The zero-order valence-electron chi connectivity index (χ0n) is 14.8. The molecule has 0 unspecified atom stereocenters. The Hall–Kier alpha value is -3.24. The van der Waals surface area contributed by atoms with Crippen molar-refractivity contribution in [2.75, 3.05) is 12.5 Å². The van der Waals surface area contributed by atoms with Crippen molar-refractivity contribution in [2.45, 2.75) is 5.16 Å². The smallest absolute Gasteiger partial charge is 0.269 e. The minimum atomic E-state index is -0.469. The van der Waals surface area contributed by atoms with Crippen LogP contribution in [0.4, 0.5) is 0 Å². The number of ether oxygens (including phenoxy) is 2. The quantitative estimate of drug-likeness (QED) is 0.471. The van der Waals surface area contributed by atoms with E-state index in [4.69, 9.17) is 21.1 Å². The van der Waals surface area contributed by atoms with Crippen molar-refractivity contribution in [3.8, 4) is 17.2 Å². The van der Waals surface area contributed by atoms with Gasteiger partial charge >= 0.3 is 0 Å². The van der Waals surface area contributed by atoms with Crippen LogP contribution in [0.3, 0.4) is 0 Å². The van der Waals surface area contributed by atoms with Crippen molar-refractivity contribution in [3.05, 3.63) is 59.4 Å². The van der Waals surface area contributed by atoms with Gasteiger partial charge in [0.05, 0.1) is 11.4 Å². The van der Waals surface area contributed by atoms with Crippen molar-refractivity contribution in [2.24, 2.45) is 0 Å². The number of rotatable bonds is 5. The van der Waals surface area contributed by atoms with Gasteiger partial charge in [0.25, 0.3) is 5.91 Å². The topological polar surface area (TPSA) is 107 Å². The second kappa shape index (κ2) is 8.41. The third kappa shape index (κ3) is 4.44. The minimum absolute atomic E-state index is 0.0285. The van der Waals surface area contributed by atoms with Crippen molar-refractivity contribution in [3.63, 3.8) is 0 Å². The Balaban J connectivity index is 1.31. The summed E-state index contributed by atoms with van der Waals surface area (Å²) in [7, 11) is 0. The van der Waals surface area contributed by atoms with Gasteiger partial charge in [-0.2, -0.15) is 0 Å². The van der Waals surface area contributed by atoms with Crippen molar-refractivity contribution in [1.82, 2.24) is 25.6 Å². The molecule has 9 nitrogen and oxygen atoms in total. The summed E-state index contributed by atoms with van der Waals surface area (Å²) in [5.41, 5.74) is 5.85. The second-order valence-corrected chi connectivity index (χ2v) is 7.20. The van der Waals surface area contributed by atoms with Crippen molar-refractivity contribution < 1.29 is 19.1 Å². The molecule has 0 atom stereocenters. The number of nitrogens with one attached hydrogen (secondary N) is 2. The Morgan fingerprint density at radius 1 is 1.14 bits per heavy atom. The van der Waals surface area contributed by atoms with Crippen LogP contribution in [0.15, 0.2) is 53.9 Å². The lowest BCUT2D eigenvalue weighted by Gasteiger charge is -2.09. The van der Waals surface area contributed by atoms with E-state index >= 15 is 0 Å². The highest BCUT2D eigenvalue weighted by atomic mass is 35.5. The molecule has 0 saturated carbocycles. The van der Waals surface area contributed by atoms with E-state index < -0.39 is 11.8 Å². The normalized spacial score (nSPS) is 11.9. The Morgan fingerprint density at radius 2 is 2.00 bits per heavy atom. The largest absolute Gasteiger partial charge is 0.454 e. The molecule has 2 amide bonds. The first-order chi connectivity index (χ1) is 14.1. The number of hydrogen-bond acceptors (Lipinski definition) is 7. The lowest BCUT2D eigenvalue weighted by atomic mass is 10.2. The highest BCUT2D eigenvalue weighted by Gasteiger charge is 2.17. The molecular formula is C18H14ClN5O4S. The Bertz CT molecular complexity index is 1070. The number of benzene rings is 2. The van der Waals surface area contributed by atoms with Gasteiger partial charge in [0.15, 0.2) is 16.7 Å².